The molecule has 1 aliphatic heterocycles. The van der Waals surface area contributed by atoms with Gasteiger partial charge < -0.3 is 14.6 Å². The van der Waals surface area contributed by atoms with Gasteiger partial charge in [0.1, 0.15) is 11.6 Å². The van der Waals surface area contributed by atoms with Gasteiger partial charge in [-0.3, -0.25) is 4.79 Å². The fourth-order valence-electron chi connectivity index (χ4n) is 3.11. The van der Waals surface area contributed by atoms with Crippen molar-refractivity contribution < 1.29 is 18.5 Å². The summed E-state index contributed by atoms with van der Waals surface area (Å²) in [5.74, 6) is -0.643. The minimum atomic E-state index is -1.21. The van der Waals surface area contributed by atoms with Gasteiger partial charge in [0.05, 0.1) is 11.2 Å². The monoisotopic (exact) mass is 449 g/mol. The van der Waals surface area contributed by atoms with E-state index in [4.69, 9.17) is 32.5 Å². The van der Waals surface area contributed by atoms with Gasteiger partial charge in [0.15, 0.2) is 0 Å². The van der Waals surface area contributed by atoms with Crippen molar-refractivity contribution in [3.8, 4) is 0 Å². The molecule has 0 radical (unpaired) electrons. The van der Waals surface area contributed by atoms with Crippen molar-refractivity contribution in [3.05, 3.63) is 70.4 Å². The molecule has 1 heterocycles. The Morgan fingerprint density at radius 3 is 2.23 bits per heavy atom. The van der Waals surface area contributed by atoms with Crippen LogP contribution < -0.4 is 5.32 Å². The lowest BCUT2D eigenvalue weighted by Crippen LogP contribution is -2.41. The Balaban J connectivity index is 2.20. The van der Waals surface area contributed by atoms with Gasteiger partial charge >= 0.3 is 7.12 Å². The minimum absolute atomic E-state index is 0.224. The van der Waals surface area contributed by atoms with Gasteiger partial charge in [-0.1, -0.05) is 41.9 Å². The smallest absolute Gasteiger partial charge is 0.398 e. The molecule has 8 heteroatoms. The lowest BCUT2D eigenvalue weighted by Gasteiger charge is -2.32. The van der Waals surface area contributed by atoms with Crippen LogP contribution in [0.25, 0.3) is 5.57 Å². The number of hydrogen-bond acceptors (Lipinski definition) is 3. The number of alkyl halides is 1. The van der Waals surface area contributed by atoms with Crippen molar-refractivity contribution in [1.29, 1.82) is 0 Å². The molecule has 2 aromatic carbocycles. The Kier molecular flexibility index (Phi) is 6.63. The lowest BCUT2D eigenvalue weighted by molar-refractivity contribution is -0.113. The fraction of sp³-hybridized carbons (Fsp3) is 0.318. The van der Waals surface area contributed by atoms with Crippen molar-refractivity contribution in [1.82, 2.24) is 0 Å². The molecule has 0 aromatic heterocycles. The van der Waals surface area contributed by atoms with E-state index in [2.05, 4.69) is 5.32 Å². The molecule has 1 N–H and O–H groups in total. The molecular formula is C22H23BCl2FNO3. The van der Waals surface area contributed by atoms with E-state index in [9.17, 15) is 4.79 Å². The first-order valence-electron chi connectivity index (χ1n) is 9.52. The first-order valence-corrected chi connectivity index (χ1v) is 10.4. The summed E-state index contributed by atoms with van der Waals surface area (Å²) in [6.07, 6.45) is 0. The van der Waals surface area contributed by atoms with Crippen LogP contribution in [0.4, 0.5) is 10.1 Å². The Morgan fingerprint density at radius 1 is 1.07 bits per heavy atom. The first kappa shape index (κ1) is 22.8. The third-order valence-corrected chi connectivity index (χ3v) is 5.89. The summed E-state index contributed by atoms with van der Waals surface area (Å²) >= 11 is 11.9. The minimum Gasteiger partial charge on any atom is -0.398 e. The number of amides is 1. The van der Waals surface area contributed by atoms with E-state index < -0.39 is 30.0 Å². The number of nitrogens with one attached hydrogen (secondary N) is 1. The summed E-state index contributed by atoms with van der Waals surface area (Å²) in [6, 6.07) is 13.8. The predicted molar refractivity (Wildman–Crippen MR) is 120 cm³/mol. The van der Waals surface area contributed by atoms with Crippen molar-refractivity contribution in [2.45, 2.75) is 38.9 Å². The van der Waals surface area contributed by atoms with Gasteiger partial charge in [-0.15, -0.1) is 11.6 Å². The molecule has 0 aliphatic carbocycles. The highest BCUT2D eigenvalue weighted by Crippen LogP contribution is 2.42. The van der Waals surface area contributed by atoms with Crippen LogP contribution in [-0.4, -0.2) is 30.1 Å². The van der Waals surface area contributed by atoms with Crippen LogP contribution in [0.1, 0.15) is 38.8 Å². The van der Waals surface area contributed by atoms with Crippen LogP contribution in [0.15, 0.2) is 54.3 Å². The number of anilines is 1. The third-order valence-electron chi connectivity index (χ3n) is 5.41. The van der Waals surface area contributed by atoms with E-state index in [0.717, 1.165) is 0 Å². The molecule has 1 amide bonds. The van der Waals surface area contributed by atoms with Gasteiger partial charge in [-0.2, -0.15) is 0 Å². The SMILES string of the molecule is CC1(C)OB(C(F)=C(c2ccccc2)c2cc(Cl)ccc2NC(=O)CCl)OC1(C)C. The van der Waals surface area contributed by atoms with E-state index in [1.165, 1.54) is 0 Å². The van der Waals surface area contributed by atoms with Gasteiger partial charge in [-0.05, 0) is 51.5 Å². The topological polar surface area (TPSA) is 47.6 Å². The molecule has 30 heavy (non-hydrogen) atoms. The number of benzene rings is 2. The average Bonchev–Trinajstić information content (AvgIpc) is 2.92. The Labute approximate surface area is 186 Å². The molecule has 1 saturated heterocycles. The molecule has 2 aromatic rings. The third kappa shape index (κ3) is 4.57. The fourth-order valence-corrected chi connectivity index (χ4v) is 3.35. The van der Waals surface area contributed by atoms with Gasteiger partial charge in [-0.25, -0.2) is 4.39 Å². The van der Waals surface area contributed by atoms with Crippen LogP contribution in [0.2, 0.25) is 5.02 Å². The average molecular weight is 450 g/mol. The van der Waals surface area contributed by atoms with Gasteiger partial charge in [0.2, 0.25) is 5.91 Å². The molecule has 3 rings (SSSR count). The highest BCUT2D eigenvalue weighted by molar-refractivity contribution is 6.55. The van der Waals surface area contributed by atoms with Gasteiger partial charge in [0, 0.05) is 21.8 Å². The molecular weight excluding hydrogens is 427 g/mol. The van der Waals surface area contributed by atoms with Crippen molar-refractivity contribution >= 4 is 47.5 Å². The van der Waals surface area contributed by atoms with Crippen molar-refractivity contribution in [3.63, 3.8) is 0 Å². The molecule has 1 fully saturated rings. The van der Waals surface area contributed by atoms with Gasteiger partial charge in [0.25, 0.3) is 0 Å². The Hall–Kier alpha value is -1.86. The Morgan fingerprint density at radius 2 is 1.67 bits per heavy atom. The number of carbonyl (C=O) groups excluding carboxylic acids is 1. The number of rotatable bonds is 5. The molecule has 158 valence electrons. The summed E-state index contributed by atoms with van der Waals surface area (Å²) < 4.78 is 27.9. The summed E-state index contributed by atoms with van der Waals surface area (Å²) in [7, 11) is -1.21. The maximum absolute atomic E-state index is 16.0. The van der Waals surface area contributed by atoms with E-state index >= 15 is 4.39 Å². The zero-order valence-electron chi connectivity index (χ0n) is 17.3. The molecule has 1 aliphatic rings. The lowest BCUT2D eigenvalue weighted by atomic mass is 9.80. The zero-order chi connectivity index (χ0) is 22.1. The second kappa shape index (κ2) is 8.71. The second-order valence-corrected chi connectivity index (χ2v) is 8.75. The van der Waals surface area contributed by atoms with Crippen LogP contribution in [0.3, 0.4) is 0 Å². The number of hydrogen-bond donors (Lipinski definition) is 1. The molecule has 4 nitrogen and oxygen atoms in total. The maximum Gasteiger partial charge on any atom is 0.525 e. The first-order chi connectivity index (χ1) is 14.1. The summed E-state index contributed by atoms with van der Waals surface area (Å²) in [5.41, 5.74) is -0.421. The molecule has 0 bridgehead atoms. The zero-order valence-corrected chi connectivity index (χ0v) is 18.8. The quantitative estimate of drug-likeness (QED) is 0.458. The van der Waals surface area contributed by atoms with Crippen LogP contribution >= 0.6 is 23.2 Å². The van der Waals surface area contributed by atoms with Crippen molar-refractivity contribution in [2.75, 3.05) is 11.2 Å². The summed E-state index contributed by atoms with van der Waals surface area (Å²) in [4.78, 5) is 11.9. The summed E-state index contributed by atoms with van der Waals surface area (Å²) in [5, 5.41) is 3.10. The molecule has 0 atom stereocenters. The van der Waals surface area contributed by atoms with Crippen molar-refractivity contribution in [2.24, 2.45) is 0 Å². The van der Waals surface area contributed by atoms with E-state index in [1.54, 1.807) is 42.5 Å². The van der Waals surface area contributed by atoms with Crippen LogP contribution in [-0.2, 0) is 14.1 Å². The van der Waals surface area contributed by atoms with Crippen LogP contribution in [0, 0.1) is 0 Å². The second-order valence-electron chi connectivity index (χ2n) is 8.05. The number of halogens is 3. The Bertz CT molecular complexity index is 964. The van der Waals surface area contributed by atoms with E-state index in [-0.39, 0.29) is 11.5 Å². The normalized spacial score (nSPS) is 18.2. The molecule has 0 unspecified atom stereocenters. The highest BCUT2D eigenvalue weighted by Gasteiger charge is 2.53. The molecule has 0 saturated carbocycles. The standard InChI is InChI=1S/C22H23BCl2FNO3/c1-21(2)22(3,4)30-23(29-21)20(26)19(14-8-6-5-7-9-14)16-12-15(25)10-11-17(16)27-18(28)13-24/h5-12H,13H2,1-4H3,(H,27,28). The highest BCUT2D eigenvalue weighted by atomic mass is 35.5. The maximum atomic E-state index is 16.0. The van der Waals surface area contributed by atoms with Crippen LogP contribution in [0.5, 0.6) is 0 Å². The largest absolute Gasteiger partial charge is 0.525 e. The summed E-state index contributed by atoms with van der Waals surface area (Å²) in [6.45, 7) is 7.42. The number of carbonyl (C=O) groups is 1. The molecule has 0 spiro atoms. The van der Waals surface area contributed by atoms with E-state index in [0.29, 0.717) is 21.8 Å². The predicted octanol–water partition coefficient (Wildman–Crippen LogP) is 5.88. The van der Waals surface area contributed by atoms with E-state index in [1.807, 2.05) is 33.8 Å².